The molecule has 1 aliphatic rings. The SMILES string of the molecule is Cc1ccc(/C(O)=C2/C(=O)C(=O)N(c3ccccc3)C2c2cccc(OCc3ccccc3)c2)cc1. The summed E-state index contributed by atoms with van der Waals surface area (Å²) in [5.41, 5.74) is 3.82. The Balaban J connectivity index is 1.60. The van der Waals surface area contributed by atoms with Crippen molar-refractivity contribution in [2.75, 3.05) is 4.90 Å². The summed E-state index contributed by atoms with van der Waals surface area (Å²) in [7, 11) is 0. The molecule has 1 atom stereocenters. The zero-order chi connectivity index (χ0) is 25.1. The van der Waals surface area contributed by atoms with Gasteiger partial charge < -0.3 is 9.84 Å². The average Bonchev–Trinajstić information content (AvgIpc) is 3.19. The van der Waals surface area contributed by atoms with Gasteiger partial charge in [-0.05, 0) is 42.3 Å². The van der Waals surface area contributed by atoms with Crippen LogP contribution in [-0.2, 0) is 16.2 Å². The Morgan fingerprint density at radius 2 is 1.50 bits per heavy atom. The van der Waals surface area contributed by atoms with Crippen LogP contribution in [0.15, 0.2) is 115 Å². The van der Waals surface area contributed by atoms with Crippen molar-refractivity contribution in [3.8, 4) is 5.75 Å². The fourth-order valence-electron chi connectivity index (χ4n) is 4.39. The summed E-state index contributed by atoms with van der Waals surface area (Å²) in [4.78, 5) is 28.0. The second-order valence-electron chi connectivity index (χ2n) is 8.72. The van der Waals surface area contributed by atoms with Crippen molar-refractivity contribution in [2.24, 2.45) is 0 Å². The van der Waals surface area contributed by atoms with Crippen molar-refractivity contribution in [3.05, 3.63) is 137 Å². The Kier molecular flexibility index (Phi) is 6.37. The number of aliphatic hydroxyl groups is 1. The number of nitrogens with zero attached hydrogens (tertiary/aromatic N) is 1. The van der Waals surface area contributed by atoms with Crippen LogP contribution in [-0.4, -0.2) is 16.8 Å². The highest BCUT2D eigenvalue weighted by Gasteiger charge is 2.47. The molecule has 1 saturated heterocycles. The number of aryl methyl sites for hydroxylation is 1. The summed E-state index contributed by atoms with van der Waals surface area (Å²) in [6.07, 6.45) is 0. The molecule has 0 radical (unpaired) electrons. The number of carbonyl (C=O) groups excluding carboxylic acids is 2. The van der Waals surface area contributed by atoms with Gasteiger partial charge in [0.1, 0.15) is 18.1 Å². The summed E-state index contributed by atoms with van der Waals surface area (Å²) >= 11 is 0. The predicted molar refractivity (Wildman–Crippen MR) is 140 cm³/mol. The highest BCUT2D eigenvalue weighted by molar-refractivity contribution is 6.51. The Hall–Kier alpha value is -4.64. The fraction of sp³-hybridized carbons (Fsp3) is 0.0968. The van der Waals surface area contributed by atoms with Crippen LogP contribution in [0.1, 0.15) is 28.3 Å². The zero-order valence-corrected chi connectivity index (χ0v) is 19.8. The molecule has 0 aliphatic carbocycles. The topological polar surface area (TPSA) is 66.8 Å². The average molecular weight is 476 g/mol. The number of benzene rings is 4. The number of hydrogen-bond acceptors (Lipinski definition) is 4. The summed E-state index contributed by atoms with van der Waals surface area (Å²) in [5.74, 6) is -1.01. The van der Waals surface area contributed by atoms with E-state index in [1.54, 1.807) is 24.3 Å². The molecule has 36 heavy (non-hydrogen) atoms. The maximum Gasteiger partial charge on any atom is 0.300 e. The molecule has 1 heterocycles. The first-order valence-electron chi connectivity index (χ1n) is 11.7. The van der Waals surface area contributed by atoms with Gasteiger partial charge in [-0.2, -0.15) is 0 Å². The zero-order valence-electron chi connectivity index (χ0n) is 19.8. The second kappa shape index (κ2) is 9.92. The molecule has 1 aliphatic heterocycles. The highest BCUT2D eigenvalue weighted by atomic mass is 16.5. The Labute approximate surface area is 209 Å². The van der Waals surface area contributed by atoms with E-state index < -0.39 is 17.7 Å². The summed E-state index contributed by atoms with van der Waals surface area (Å²) in [6, 6.07) is 32.6. The third-order valence-electron chi connectivity index (χ3n) is 6.23. The lowest BCUT2D eigenvalue weighted by Crippen LogP contribution is -2.29. The number of rotatable bonds is 6. The van der Waals surface area contributed by atoms with E-state index in [-0.39, 0.29) is 11.3 Å². The van der Waals surface area contributed by atoms with Crippen molar-refractivity contribution in [1.82, 2.24) is 0 Å². The van der Waals surface area contributed by atoms with Crippen molar-refractivity contribution in [2.45, 2.75) is 19.6 Å². The molecule has 0 aromatic heterocycles. The van der Waals surface area contributed by atoms with E-state index in [9.17, 15) is 14.7 Å². The molecule has 1 unspecified atom stereocenters. The van der Waals surface area contributed by atoms with Crippen LogP contribution < -0.4 is 9.64 Å². The van der Waals surface area contributed by atoms with Crippen LogP contribution in [0, 0.1) is 6.92 Å². The van der Waals surface area contributed by atoms with Gasteiger partial charge in [-0.25, -0.2) is 0 Å². The van der Waals surface area contributed by atoms with E-state index in [0.29, 0.717) is 29.2 Å². The molecule has 4 aromatic rings. The van der Waals surface area contributed by atoms with E-state index in [0.717, 1.165) is 11.1 Å². The van der Waals surface area contributed by atoms with Gasteiger partial charge in [0.25, 0.3) is 11.7 Å². The number of amides is 1. The van der Waals surface area contributed by atoms with Crippen molar-refractivity contribution < 1.29 is 19.4 Å². The maximum atomic E-state index is 13.3. The van der Waals surface area contributed by atoms with Gasteiger partial charge in [0.15, 0.2) is 0 Å². The van der Waals surface area contributed by atoms with Crippen LogP contribution in [0.4, 0.5) is 5.69 Å². The quantitative estimate of drug-likeness (QED) is 0.205. The van der Waals surface area contributed by atoms with Gasteiger partial charge in [0, 0.05) is 11.3 Å². The first-order valence-corrected chi connectivity index (χ1v) is 11.7. The number of ether oxygens (including phenoxy) is 1. The number of para-hydroxylation sites is 1. The lowest BCUT2D eigenvalue weighted by Gasteiger charge is -2.25. The standard InChI is InChI=1S/C31H25NO4/c1-21-15-17-23(18-16-21)29(33)27-28(32(31(35)30(27)34)25-12-6-3-7-13-25)24-11-8-14-26(19-24)36-20-22-9-4-2-5-10-22/h2-19,28,33H,20H2,1H3/b29-27-. The van der Waals surface area contributed by atoms with Crippen molar-refractivity contribution in [3.63, 3.8) is 0 Å². The summed E-state index contributed by atoms with van der Waals surface area (Å²) in [5, 5.41) is 11.3. The summed E-state index contributed by atoms with van der Waals surface area (Å²) < 4.78 is 6.01. The molecule has 0 spiro atoms. The monoisotopic (exact) mass is 475 g/mol. The van der Waals surface area contributed by atoms with E-state index in [4.69, 9.17) is 4.74 Å². The number of ketones is 1. The van der Waals surface area contributed by atoms with Crippen LogP contribution in [0.5, 0.6) is 5.75 Å². The normalized spacial score (nSPS) is 16.8. The third kappa shape index (κ3) is 4.51. The van der Waals surface area contributed by atoms with Gasteiger partial charge in [-0.3, -0.25) is 14.5 Å². The lowest BCUT2D eigenvalue weighted by atomic mass is 9.94. The highest BCUT2D eigenvalue weighted by Crippen LogP contribution is 2.42. The number of anilines is 1. The number of hydrogen-bond donors (Lipinski definition) is 1. The molecule has 1 fully saturated rings. The molecular weight excluding hydrogens is 450 g/mol. The Bertz CT molecular complexity index is 1430. The molecule has 5 nitrogen and oxygen atoms in total. The maximum absolute atomic E-state index is 13.3. The van der Waals surface area contributed by atoms with Gasteiger partial charge in [0.05, 0.1) is 11.6 Å². The minimum atomic E-state index is -0.811. The van der Waals surface area contributed by atoms with Gasteiger partial charge >= 0.3 is 0 Å². The number of carbonyl (C=O) groups is 2. The molecule has 0 bridgehead atoms. The lowest BCUT2D eigenvalue weighted by molar-refractivity contribution is -0.132. The van der Waals surface area contributed by atoms with Gasteiger partial charge in [0.2, 0.25) is 0 Å². The largest absolute Gasteiger partial charge is 0.507 e. The van der Waals surface area contributed by atoms with E-state index in [1.165, 1.54) is 4.90 Å². The molecule has 0 saturated carbocycles. The van der Waals surface area contributed by atoms with Crippen LogP contribution in [0.2, 0.25) is 0 Å². The first kappa shape index (κ1) is 23.1. The van der Waals surface area contributed by atoms with Crippen LogP contribution in [0.25, 0.3) is 5.76 Å². The van der Waals surface area contributed by atoms with E-state index in [1.807, 2.05) is 91.9 Å². The minimum absolute atomic E-state index is 0.0490. The van der Waals surface area contributed by atoms with E-state index in [2.05, 4.69) is 0 Å². The van der Waals surface area contributed by atoms with Crippen molar-refractivity contribution >= 4 is 23.1 Å². The smallest absolute Gasteiger partial charge is 0.300 e. The second-order valence-corrected chi connectivity index (χ2v) is 8.72. The molecule has 4 aromatic carbocycles. The fourth-order valence-corrected chi connectivity index (χ4v) is 4.39. The van der Waals surface area contributed by atoms with Crippen LogP contribution >= 0.6 is 0 Å². The molecular formula is C31H25NO4. The van der Waals surface area contributed by atoms with Gasteiger partial charge in [-0.1, -0.05) is 90.5 Å². The predicted octanol–water partition coefficient (Wildman–Crippen LogP) is 6.20. The third-order valence-corrected chi connectivity index (χ3v) is 6.23. The first-order chi connectivity index (χ1) is 17.5. The Morgan fingerprint density at radius 3 is 2.19 bits per heavy atom. The molecule has 178 valence electrons. The minimum Gasteiger partial charge on any atom is -0.507 e. The van der Waals surface area contributed by atoms with Crippen molar-refractivity contribution in [1.29, 1.82) is 0 Å². The Morgan fingerprint density at radius 1 is 0.833 bits per heavy atom. The molecule has 5 rings (SSSR count). The van der Waals surface area contributed by atoms with E-state index >= 15 is 0 Å². The molecule has 5 heteroatoms. The number of Topliss-reactive ketones (excluding diaryl/α,β-unsaturated/α-hetero) is 1. The van der Waals surface area contributed by atoms with Gasteiger partial charge in [-0.15, -0.1) is 0 Å². The van der Waals surface area contributed by atoms with Crippen LogP contribution in [0.3, 0.4) is 0 Å². The summed E-state index contributed by atoms with van der Waals surface area (Å²) in [6.45, 7) is 2.33. The number of aliphatic hydroxyl groups excluding tert-OH is 1. The molecule has 1 amide bonds. The molecule has 1 N–H and O–H groups in total.